The monoisotopic (exact) mass is 495 g/mol. The van der Waals surface area contributed by atoms with Crippen molar-refractivity contribution in [3.8, 4) is 11.5 Å². The molecule has 0 radical (unpaired) electrons. The summed E-state index contributed by atoms with van der Waals surface area (Å²) < 4.78 is 64.1. The number of methoxy groups -OCH3 is 2. The summed E-state index contributed by atoms with van der Waals surface area (Å²) >= 11 is 0. The summed E-state index contributed by atoms with van der Waals surface area (Å²) in [5.74, 6) is 0.292. The summed E-state index contributed by atoms with van der Waals surface area (Å²) in [6.45, 7) is 0.891. The molecule has 190 valence electrons. The summed E-state index contributed by atoms with van der Waals surface area (Å²) in [6.07, 6.45) is -1.73. The van der Waals surface area contributed by atoms with Crippen LogP contribution in [0.1, 0.15) is 36.8 Å². The smallest absolute Gasteiger partial charge is 0.418 e. The Morgan fingerprint density at radius 2 is 1.83 bits per heavy atom. The molecule has 35 heavy (non-hydrogen) atoms. The predicted molar refractivity (Wildman–Crippen MR) is 123 cm³/mol. The van der Waals surface area contributed by atoms with Gasteiger partial charge in [0.2, 0.25) is 0 Å². The molecule has 0 bridgehead atoms. The highest BCUT2D eigenvalue weighted by Crippen LogP contribution is 2.50. The van der Waals surface area contributed by atoms with Crippen LogP contribution in [0.3, 0.4) is 0 Å². The molecule has 0 aromatic heterocycles. The molecule has 4 rings (SSSR count). The van der Waals surface area contributed by atoms with E-state index in [0.29, 0.717) is 30.4 Å². The molecule has 1 aliphatic heterocycles. The standard InChI is InChI=1S/C25H29F4N3O3/c1-32-11-10-24(15-4-7-20(34-2)21(12-15)35-3)9-8-17(14-22(24)32)30-23(33)31-19-6-5-16(26)13-18(19)25(27,28)29/h4-7,12-13,17,22H,8-11,14H2,1-3H3,(H2,30,31,33)/t17-,22+,24+/m1/s1. The van der Waals surface area contributed by atoms with Crippen LogP contribution in [0.5, 0.6) is 11.5 Å². The highest BCUT2D eigenvalue weighted by atomic mass is 19.4. The van der Waals surface area contributed by atoms with Crippen molar-refractivity contribution in [1.29, 1.82) is 0 Å². The van der Waals surface area contributed by atoms with Crippen LogP contribution < -0.4 is 20.1 Å². The number of fused-ring (bicyclic) bond motifs is 1. The van der Waals surface area contributed by atoms with Gasteiger partial charge in [0.25, 0.3) is 0 Å². The normalized spacial score (nSPS) is 24.5. The van der Waals surface area contributed by atoms with E-state index in [1.165, 1.54) is 0 Å². The van der Waals surface area contributed by atoms with Crippen LogP contribution in [-0.4, -0.2) is 50.8 Å². The molecular formula is C25H29F4N3O3. The molecular weight excluding hydrogens is 466 g/mol. The van der Waals surface area contributed by atoms with E-state index in [1.54, 1.807) is 14.2 Å². The second-order valence-electron chi connectivity index (χ2n) is 9.23. The van der Waals surface area contributed by atoms with Crippen molar-refractivity contribution in [2.75, 3.05) is 33.1 Å². The Morgan fingerprint density at radius 3 is 2.51 bits per heavy atom. The number of nitrogens with one attached hydrogen (secondary N) is 2. The number of hydrogen-bond donors (Lipinski definition) is 2. The van der Waals surface area contributed by atoms with Crippen LogP contribution >= 0.6 is 0 Å². The molecule has 2 N–H and O–H groups in total. The molecule has 2 amide bonds. The van der Waals surface area contributed by atoms with Crippen LogP contribution in [0.4, 0.5) is 28.0 Å². The average Bonchev–Trinajstić information content (AvgIpc) is 3.16. The van der Waals surface area contributed by atoms with Crippen molar-refractivity contribution >= 4 is 11.7 Å². The van der Waals surface area contributed by atoms with Crippen LogP contribution in [-0.2, 0) is 11.6 Å². The predicted octanol–water partition coefficient (Wildman–Crippen LogP) is 5.18. The number of amides is 2. The number of ether oxygens (including phenoxy) is 2. The molecule has 2 aliphatic rings. The van der Waals surface area contributed by atoms with E-state index >= 15 is 0 Å². The maximum atomic E-state index is 13.4. The van der Waals surface area contributed by atoms with Crippen molar-refractivity contribution in [2.45, 2.75) is 49.4 Å². The molecule has 0 spiro atoms. The largest absolute Gasteiger partial charge is 0.493 e. The van der Waals surface area contributed by atoms with Gasteiger partial charge >= 0.3 is 12.2 Å². The molecule has 2 aromatic rings. The highest BCUT2D eigenvalue weighted by Gasteiger charge is 2.50. The zero-order valence-electron chi connectivity index (χ0n) is 19.8. The minimum absolute atomic E-state index is 0.122. The van der Waals surface area contributed by atoms with Crippen molar-refractivity contribution in [1.82, 2.24) is 10.2 Å². The average molecular weight is 496 g/mol. The zero-order chi connectivity index (χ0) is 25.4. The fourth-order valence-corrected chi connectivity index (χ4v) is 5.60. The molecule has 3 atom stereocenters. The van der Waals surface area contributed by atoms with Gasteiger partial charge in [-0.15, -0.1) is 0 Å². The number of rotatable bonds is 5. The first-order valence-electron chi connectivity index (χ1n) is 11.4. The molecule has 6 nitrogen and oxygen atoms in total. The summed E-state index contributed by atoms with van der Waals surface area (Å²) in [5.41, 5.74) is -0.679. The number of nitrogens with zero attached hydrogens (tertiary/aromatic N) is 1. The highest BCUT2D eigenvalue weighted by molar-refractivity contribution is 5.90. The number of carbonyl (C=O) groups excluding carboxylic acids is 1. The van der Waals surface area contributed by atoms with E-state index in [9.17, 15) is 22.4 Å². The topological polar surface area (TPSA) is 62.8 Å². The second kappa shape index (κ2) is 9.56. The summed E-state index contributed by atoms with van der Waals surface area (Å²) in [6, 6.07) is 7.33. The van der Waals surface area contributed by atoms with Gasteiger partial charge in [0.15, 0.2) is 11.5 Å². The van der Waals surface area contributed by atoms with Crippen molar-refractivity contribution in [2.24, 2.45) is 0 Å². The molecule has 0 unspecified atom stereocenters. The fourth-order valence-electron chi connectivity index (χ4n) is 5.60. The molecule has 10 heteroatoms. The Labute approximate surface area is 201 Å². The molecule has 2 aromatic carbocycles. The van der Waals surface area contributed by atoms with Crippen molar-refractivity contribution in [3.63, 3.8) is 0 Å². The van der Waals surface area contributed by atoms with E-state index < -0.39 is 29.3 Å². The summed E-state index contributed by atoms with van der Waals surface area (Å²) in [5, 5.41) is 5.07. The van der Waals surface area contributed by atoms with Gasteiger partial charge in [-0.2, -0.15) is 13.2 Å². The Balaban J connectivity index is 1.49. The van der Waals surface area contributed by atoms with Gasteiger partial charge in [0.1, 0.15) is 5.82 Å². The van der Waals surface area contributed by atoms with Gasteiger partial charge in [-0.3, -0.25) is 0 Å². The maximum Gasteiger partial charge on any atom is 0.418 e. The van der Waals surface area contributed by atoms with E-state index in [4.69, 9.17) is 9.47 Å². The minimum atomic E-state index is -4.79. The van der Waals surface area contributed by atoms with Crippen molar-refractivity contribution < 1.29 is 31.8 Å². The fraction of sp³-hybridized carbons (Fsp3) is 0.480. The SMILES string of the molecule is COc1ccc([C@@]23CC[C@@H](NC(=O)Nc4ccc(F)cc4C(F)(F)F)C[C@@H]2N(C)CC3)cc1OC. The molecule has 2 fully saturated rings. The van der Waals surface area contributed by atoms with Gasteiger partial charge in [-0.25, -0.2) is 9.18 Å². The van der Waals surface area contributed by atoms with Gasteiger partial charge in [-0.1, -0.05) is 6.07 Å². The van der Waals surface area contributed by atoms with Gasteiger partial charge in [-0.05, 0) is 75.2 Å². The third-order valence-electron chi connectivity index (χ3n) is 7.36. The van der Waals surface area contributed by atoms with E-state index in [2.05, 4.69) is 21.6 Å². The maximum absolute atomic E-state index is 13.4. The number of anilines is 1. The van der Waals surface area contributed by atoms with Crippen LogP contribution in [0, 0.1) is 5.82 Å². The number of alkyl halides is 3. The lowest BCUT2D eigenvalue weighted by Gasteiger charge is -2.45. The Bertz CT molecular complexity index is 1090. The lowest BCUT2D eigenvalue weighted by atomic mass is 9.65. The minimum Gasteiger partial charge on any atom is -0.493 e. The Morgan fingerprint density at radius 1 is 1.09 bits per heavy atom. The van der Waals surface area contributed by atoms with Crippen LogP contribution in [0.15, 0.2) is 36.4 Å². The third-order valence-corrected chi connectivity index (χ3v) is 7.36. The zero-order valence-corrected chi connectivity index (χ0v) is 19.8. The number of halogens is 4. The first kappa shape index (κ1) is 25.1. The number of benzene rings is 2. The van der Waals surface area contributed by atoms with E-state index in [-0.39, 0.29) is 17.5 Å². The first-order valence-corrected chi connectivity index (χ1v) is 11.4. The molecule has 1 saturated carbocycles. The number of urea groups is 1. The number of hydrogen-bond acceptors (Lipinski definition) is 4. The lowest BCUT2D eigenvalue weighted by molar-refractivity contribution is -0.137. The molecule has 1 heterocycles. The first-order chi connectivity index (χ1) is 16.6. The Hall–Kier alpha value is -3.01. The van der Waals surface area contributed by atoms with Crippen LogP contribution in [0.25, 0.3) is 0 Å². The van der Waals surface area contributed by atoms with Crippen molar-refractivity contribution in [3.05, 3.63) is 53.3 Å². The number of likely N-dealkylation sites (tertiary alicyclic amines) is 1. The molecule has 1 aliphatic carbocycles. The van der Waals surface area contributed by atoms with Crippen LogP contribution in [0.2, 0.25) is 0 Å². The Kier molecular flexibility index (Phi) is 6.86. The summed E-state index contributed by atoms with van der Waals surface area (Å²) in [4.78, 5) is 14.9. The van der Waals surface area contributed by atoms with Gasteiger partial charge in [0.05, 0.1) is 25.5 Å². The quantitative estimate of drug-likeness (QED) is 0.562. The van der Waals surface area contributed by atoms with Gasteiger partial charge in [0, 0.05) is 17.5 Å². The molecule has 1 saturated heterocycles. The van der Waals surface area contributed by atoms with Gasteiger partial charge < -0.3 is 25.0 Å². The lowest BCUT2D eigenvalue weighted by Crippen LogP contribution is -2.52. The summed E-state index contributed by atoms with van der Waals surface area (Å²) in [7, 11) is 5.24. The third kappa shape index (κ3) is 4.89. The second-order valence-corrected chi connectivity index (χ2v) is 9.23. The number of likely N-dealkylation sites (N-methyl/N-ethyl adjacent to an activating group) is 1. The van der Waals surface area contributed by atoms with E-state index in [1.807, 2.05) is 19.2 Å². The van der Waals surface area contributed by atoms with E-state index in [0.717, 1.165) is 37.1 Å². The number of carbonyl (C=O) groups is 1.